The van der Waals surface area contributed by atoms with Crippen molar-refractivity contribution in [1.82, 2.24) is 20.3 Å². The number of aliphatic hydroxyl groups excluding tert-OH is 1. The summed E-state index contributed by atoms with van der Waals surface area (Å²) in [6, 6.07) is 4.06. The van der Waals surface area contributed by atoms with Crippen LogP contribution in [0.2, 0.25) is 0 Å². The Kier molecular flexibility index (Phi) is 10.7. The lowest BCUT2D eigenvalue weighted by molar-refractivity contribution is -0.659. The number of nitrogens with one attached hydrogen (secondary N) is 2. The molecule has 2 amide bonds. The number of ether oxygens (including phenoxy) is 1. The van der Waals surface area contributed by atoms with E-state index < -0.39 is 63.3 Å². The largest absolute Gasteiger partial charge is 0.485 e. The number of carbonyl (C=O) groups excluding carboxylic acids is 2. The van der Waals surface area contributed by atoms with Crippen molar-refractivity contribution in [2.75, 3.05) is 24.1 Å². The Balaban J connectivity index is 1.34. The number of carboxylic acid groups (broad SMARTS) is 1. The molecular formula is C30H38N9O11S2+. The fourth-order valence-electron chi connectivity index (χ4n) is 5.49. The van der Waals surface area contributed by atoms with Gasteiger partial charge in [-0.1, -0.05) is 16.2 Å². The molecule has 1 aromatic carbocycles. The van der Waals surface area contributed by atoms with Crippen LogP contribution < -0.4 is 31.4 Å². The summed E-state index contributed by atoms with van der Waals surface area (Å²) in [6.45, 7) is 4.32. The van der Waals surface area contributed by atoms with E-state index in [0.717, 1.165) is 28.0 Å². The number of benzene rings is 1. The van der Waals surface area contributed by atoms with Crippen molar-refractivity contribution in [1.29, 1.82) is 0 Å². The Labute approximate surface area is 301 Å². The lowest BCUT2D eigenvalue weighted by Crippen LogP contribution is -2.76. The van der Waals surface area contributed by atoms with E-state index in [1.165, 1.54) is 26.2 Å². The zero-order valence-electron chi connectivity index (χ0n) is 28.3. The lowest BCUT2D eigenvalue weighted by Gasteiger charge is -2.50. The topological polar surface area (TPSA) is 295 Å². The molecule has 0 radical (unpaired) electrons. The van der Waals surface area contributed by atoms with E-state index in [1.807, 2.05) is 12.3 Å². The first-order chi connectivity index (χ1) is 24.3. The van der Waals surface area contributed by atoms with Crippen LogP contribution in [0.5, 0.6) is 5.75 Å². The van der Waals surface area contributed by atoms with E-state index in [1.54, 1.807) is 29.9 Å². The molecule has 280 valence electrons. The second-order valence-electron chi connectivity index (χ2n) is 12.7. The fraction of sp³-hybridized carbons (Fsp3) is 0.433. The Morgan fingerprint density at radius 1 is 1.33 bits per heavy atom. The van der Waals surface area contributed by atoms with Crippen molar-refractivity contribution >= 4 is 56.3 Å². The number of anilines is 2. The van der Waals surface area contributed by atoms with Crippen molar-refractivity contribution in [2.24, 2.45) is 17.9 Å². The summed E-state index contributed by atoms with van der Waals surface area (Å²) in [5.41, 5.74) is 9.46. The number of β-lactam (4-membered cyclic amide) rings is 1. The maximum Gasteiger partial charge on any atom is 0.418 e. The van der Waals surface area contributed by atoms with Crippen LogP contribution in [-0.2, 0) is 47.4 Å². The normalized spacial score (nSPS) is 20.1. The smallest absolute Gasteiger partial charge is 0.418 e. The van der Waals surface area contributed by atoms with Gasteiger partial charge in [0.2, 0.25) is 0 Å². The van der Waals surface area contributed by atoms with Gasteiger partial charge in [-0.05, 0) is 56.9 Å². The maximum atomic E-state index is 13.5. The van der Waals surface area contributed by atoms with Crippen LogP contribution in [0.4, 0.5) is 11.1 Å². The summed E-state index contributed by atoms with van der Waals surface area (Å²) in [5.74, 6) is -2.52. The number of hydrogen-bond acceptors (Lipinski definition) is 16. The van der Waals surface area contributed by atoms with Gasteiger partial charge in [0.15, 0.2) is 16.9 Å². The standard InChI is InChI=1S/C30H37N9O11S2/c1-29(2)23(25(42)39(29)50-52(45,46)47)36-24(41)22(19-14-51-27(32)35-19)37-49-30(3,26(43)44)21-8-6-16-9-15(5-7-20(16)48-21)17-11-33-28(38(4)13-17)34-12-18(40)10-31/h5,7,9,11,13-14,18,21,23,40H,6,8,10,12,31H2,1-4H3,(H5,32,35,36,41,43,44,45,46,47)/p+1/b37-22-. The molecule has 0 saturated carbocycles. The summed E-state index contributed by atoms with van der Waals surface area (Å²) in [4.78, 5) is 52.9. The number of hydroxylamine groups is 2. The molecule has 1 saturated heterocycles. The first-order valence-corrected chi connectivity index (χ1v) is 17.9. The molecule has 0 aliphatic carbocycles. The summed E-state index contributed by atoms with van der Waals surface area (Å²) in [6.07, 6.45) is 2.33. The van der Waals surface area contributed by atoms with Gasteiger partial charge in [-0.15, -0.1) is 15.6 Å². The summed E-state index contributed by atoms with van der Waals surface area (Å²) >= 11 is 0.959. The number of carbonyl (C=O) groups is 3. The van der Waals surface area contributed by atoms with Gasteiger partial charge < -0.3 is 36.6 Å². The molecule has 4 atom stereocenters. The Morgan fingerprint density at radius 2 is 2.06 bits per heavy atom. The number of nitrogen functional groups attached to an aromatic ring is 1. The van der Waals surface area contributed by atoms with Crippen LogP contribution in [0.3, 0.4) is 0 Å². The van der Waals surface area contributed by atoms with Crippen molar-refractivity contribution < 1.29 is 56.0 Å². The number of carboxylic acids is 1. The SMILES string of the molecule is C[n+]1cc(-c2ccc3c(c2)CCC(C(C)(O/N=C(\C(=O)NC2C(=O)N(OS(=O)(=O)O)C2(C)C)c2csc(N)n2)C(=O)O)O3)cnc1NCC(O)CN. The molecular weight excluding hydrogens is 727 g/mol. The minimum atomic E-state index is -5.04. The number of aliphatic carboxylic acids is 1. The second-order valence-corrected chi connectivity index (χ2v) is 14.6. The number of nitrogens with zero attached hydrogens (tertiary/aromatic N) is 5. The number of aliphatic hydroxyl groups is 1. The van der Waals surface area contributed by atoms with Gasteiger partial charge in [-0.3, -0.25) is 19.5 Å². The summed E-state index contributed by atoms with van der Waals surface area (Å²) in [5, 5.41) is 31.2. The number of thiazole rings is 1. The third-order valence-electron chi connectivity index (χ3n) is 8.57. The Morgan fingerprint density at radius 3 is 2.65 bits per heavy atom. The van der Waals surface area contributed by atoms with E-state index in [-0.39, 0.29) is 30.3 Å². The number of aryl methyl sites for hydroxylation is 2. The number of rotatable bonds is 14. The Bertz CT molecular complexity index is 2020. The molecule has 22 heteroatoms. The Hall–Kier alpha value is -5.00. The van der Waals surface area contributed by atoms with Crippen molar-refractivity contribution in [3.05, 3.63) is 47.2 Å². The predicted octanol–water partition coefficient (Wildman–Crippen LogP) is -0.859. The van der Waals surface area contributed by atoms with Gasteiger partial charge in [-0.2, -0.15) is 13.5 Å². The van der Waals surface area contributed by atoms with Gasteiger partial charge >= 0.3 is 22.3 Å². The number of hydrogen-bond donors (Lipinski definition) is 7. The van der Waals surface area contributed by atoms with Crippen molar-refractivity contribution in [3.63, 3.8) is 0 Å². The highest BCUT2D eigenvalue weighted by Crippen LogP contribution is 2.37. The van der Waals surface area contributed by atoms with E-state index in [2.05, 4.69) is 30.0 Å². The minimum Gasteiger partial charge on any atom is -0.485 e. The highest BCUT2D eigenvalue weighted by molar-refractivity contribution is 7.80. The molecule has 0 bridgehead atoms. The third kappa shape index (κ3) is 7.90. The molecule has 2 aromatic heterocycles. The van der Waals surface area contributed by atoms with Gasteiger partial charge in [0.05, 0.1) is 31.4 Å². The van der Waals surface area contributed by atoms with E-state index in [0.29, 0.717) is 23.2 Å². The van der Waals surface area contributed by atoms with Crippen LogP contribution >= 0.6 is 11.3 Å². The molecule has 52 heavy (non-hydrogen) atoms. The molecule has 9 N–H and O–H groups in total. The van der Waals surface area contributed by atoms with Gasteiger partial charge in [0.1, 0.15) is 23.7 Å². The quantitative estimate of drug-likeness (QED) is 0.0346. The van der Waals surface area contributed by atoms with Gasteiger partial charge in [0, 0.05) is 17.5 Å². The zero-order chi connectivity index (χ0) is 38.2. The van der Waals surface area contributed by atoms with Gasteiger partial charge in [-0.25, -0.2) is 14.3 Å². The van der Waals surface area contributed by atoms with Crippen LogP contribution in [0.25, 0.3) is 11.1 Å². The molecule has 1 fully saturated rings. The van der Waals surface area contributed by atoms with Crippen molar-refractivity contribution in [2.45, 2.75) is 63.0 Å². The average Bonchev–Trinajstić information content (AvgIpc) is 3.53. The number of nitrogens with two attached hydrogens (primary N) is 2. The maximum absolute atomic E-state index is 13.5. The van der Waals surface area contributed by atoms with Crippen LogP contribution in [-0.4, -0.2) is 104 Å². The summed E-state index contributed by atoms with van der Waals surface area (Å²) < 4.78 is 43.6. The molecule has 4 unspecified atom stereocenters. The number of aromatic nitrogens is 3. The molecule has 2 aliphatic heterocycles. The third-order valence-corrected chi connectivity index (χ3v) is 9.58. The van der Waals surface area contributed by atoms with Crippen LogP contribution in [0, 0.1) is 0 Å². The second kappa shape index (κ2) is 14.6. The van der Waals surface area contributed by atoms with Crippen LogP contribution in [0.15, 0.2) is 41.1 Å². The van der Waals surface area contributed by atoms with E-state index >= 15 is 0 Å². The first-order valence-electron chi connectivity index (χ1n) is 15.6. The average molecular weight is 765 g/mol. The number of amides is 2. The van der Waals surface area contributed by atoms with Gasteiger partial charge in [0.25, 0.3) is 17.4 Å². The first kappa shape index (κ1) is 38.2. The van der Waals surface area contributed by atoms with Crippen LogP contribution in [0.1, 0.15) is 38.4 Å². The highest BCUT2D eigenvalue weighted by Gasteiger charge is 2.58. The summed E-state index contributed by atoms with van der Waals surface area (Å²) in [7, 11) is -3.24. The highest BCUT2D eigenvalue weighted by atomic mass is 32.3. The molecule has 0 spiro atoms. The fourth-order valence-corrected chi connectivity index (χ4v) is 6.49. The number of fused-ring (bicyclic) bond motifs is 1. The lowest BCUT2D eigenvalue weighted by atomic mass is 9.84. The monoisotopic (exact) mass is 764 g/mol. The van der Waals surface area contributed by atoms with E-state index in [4.69, 9.17) is 25.6 Å². The molecule has 3 aromatic rings. The molecule has 2 aliphatic rings. The molecule has 20 nitrogen and oxygen atoms in total. The predicted molar refractivity (Wildman–Crippen MR) is 183 cm³/mol. The van der Waals surface area contributed by atoms with E-state index in [9.17, 15) is 33.0 Å². The number of oxime groups is 1. The minimum absolute atomic E-state index is 0.0513. The zero-order valence-corrected chi connectivity index (χ0v) is 30.0. The van der Waals surface area contributed by atoms with Crippen molar-refractivity contribution in [3.8, 4) is 16.9 Å². The molecule has 4 heterocycles. The molecule has 5 rings (SSSR count).